The van der Waals surface area contributed by atoms with Crippen molar-refractivity contribution in [1.82, 2.24) is 10.3 Å². The highest BCUT2D eigenvalue weighted by molar-refractivity contribution is 6.30. The molecule has 0 spiro atoms. The van der Waals surface area contributed by atoms with Crippen LogP contribution in [0.4, 0.5) is 5.69 Å². The molecular formula is C18H18ClN3O. The van der Waals surface area contributed by atoms with E-state index in [2.05, 4.69) is 10.3 Å². The van der Waals surface area contributed by atoms with Crippen molar-refractivity contribution >= 4 is 23.2 Å². The van der Waals surface area contributed by atoms with Gasteiger partial charge in [-0.3, -0.25) is 20.1 Å². The summed E-state index contributed by atoms with van der Waals surface area (Å²) in [6, 6.07) is 17.8. The number of carbonyl (C=O) groups excluding carboxylic acids is 1. The molecule has 0 aromatic heterocycles. The van der Waals surface area contributed by atoms with Gasteiger partial charge in [0, 0.05) is 11.6 Å². The molecule has 0 radical (unpaired) electrons. The molecule has 2 fully saturated rings. The van der Waals surface area contributed by atoms with Gasteiger partial charge in [-0.2, -0.15) is 0 Å². The van der Waals surface area contributed by atoms with Crippen LogP contribution in [0.2, 0.25) is 5.02 Å². The monoisotopic (exact) mass is 327 g/mol. The van der Waals surface area contributed by atoms with E-state index < -0.39 is 0 Å². The predicted molar refractivity (Wildman–Crippen MR) is 91.0 cm³/mol. The van der Waals surface area contributed by atoms with Crippen LogP contribution in [0.1, 0.15) is 24.6 Å². The van der Waals surface area contributed by atoms with Gasteiger partial charge in [-0.1, -0.05) is 41.9 Å². The van der Waals surface area contributed by atoms with Crippen LogP contribution in [0.15, 0.2) is 54.6 Å². The van der Waals surface area contributed by atoms with E-state index >= 15 is 0 Å². The molecule has 4 rings (SSSR count). The van der Waals surface area contributed by atoms with Crippen molar-refractivity contribution in [3.05, 3.63) is 65.2 Å². The lowest BCUT2D eigenvalue weighted by molar-refractivity contribution is -0.130. The van der Waals surface area contributed by atoms with Gasteiger partial charge < -0.3 is 0 Å². The molecule has 23 heavy (non-hydrogen) atoms. The summed E-state index contributed by atoms with van der Waals surface area (Å²) in [7, 11) is 0. The molecule has 2 saturated heterocycles. The number of hydrogen-bond donors (Lipinski definition) is 1. The molecule has 2 atom stereocenters. The third-order valence-corrected chi connectivity index (χ3v) is 4.84. The lowest BCUT2D eigenvalue weighted by atomic mass is 10.1. The van der Waals surface area contributed by atoms with Crippen molar-refractivity contribution in [3.63, 3.8) is 0 Å². The predicted octanol–water partition coefficient (Wildman–Crippen LogP) is 3.35. The number of anilines is 1. The highest BCUT2D eigenvalue weighted by atomic mass is 35.5. The summed E-state index contributed by atoms with van der Waals surface area (Å²) in [5.41, 5.74) is 5.19. The molecule has 2 aliphatic rings. The number of amides is 1. The van der Waals surface area contributed by atoms with Gasteiger partial charge in [-0.15, -0.1) is 0 Å². The minimum Gasteiger partial charge on any atom is -0.271 e. The number of nitrogens with zero attached hydrogens (tertiary/aromatic N) is 2. The Morgan fingerprint density at radius 2 is 1.78 bits per heavy atom. The number of halogens is 1. The molecule has 1 amide bonds. The summed E-state index contributed by atoms with van der Waals surface area (Å²) in [6.45, 7) is 0.925. The third kappa shape index (κ3) is 2.58. The van der Waals surface area contributed by atoms with Crippen molar-refractivity contribution in [2.45, 2.75) is 25.0 Å². The standard InChI is InChI=1S/C18H18ClN3O/c19-14-10-8-13(9-11-14)18-21-12-4-7-16(21)17(23)20-22(18)15-5-2-1-3-6-15/h1-3,5-6,8-11,16,18H,4,7,12H2,(H,20,23)/t16-,18?/m1/s1. The Kier molecular flexibility index (Phi) is 3.71. The van der Waals surface area contributed by atoms with Crippen LogP contribution in [-0.4, -0.2) is 23.4 Å². The fraction of sp³-hybridized carbons (Fsp3) is 0.278. The van der Waals surface area contributed by atoms with Crippen LogP contribution >= 0.6 is 11.6 Å². The molecule has 2 heterocycles. The zero-order valence-corrected chi connectivity index (χ0v) is 13.4. The molecule has 5 heteroatoms. The van der Waals surface area contributed by atoms with Gasteiger partial charge in [-0.25, -0.2) is 0 Å². The molecule has 2 aliphatic heterocycles. The van der Waals surface area contributed by atoms with E-state index in [9.17, 15) is 4.79 Å². The van der Waals surface area contributed by atoms with Gasteiger partial charge in [0.25, 0.3) is 5.91 Å². The summed E-state index contributed by atoms with van der Waals surface area (Å²) >= 11 is 6.04. The zero-order valence-electron chi connectivity index (χ0n) is 12.7. The molecule has 1 N–H and O–H groups in total. The number of hydrogen-bond acceptors (Lipinski definition) is 3. The van der Waals surface area contributed by atoms with E-state index in [4.69, 9.17) is 11.6 Å². The second kappa shape index (κ2) is 5.87. The summed E-state index contributed by atoms with van der Waals surface area (Å²) < 4.78 is 0. The lowest BCUT2D eigenvalue weighted by Gasteiger charge is -2.46. The second-order valence-electron chi connectivity index (χ2n) is 6.00. The van der Waals surface area contributed by atoms with Gasteiger partial charge in [-0.05, 0) is 42.7 Å². The summed E-state index contributed by atoms with van der Waals surface area (Å²) in [5.74, 6) is 0.0802. The number of benzene rings is 2. The number of rotatable bonds is 2. The Hall–Kier alpha value is -2.04. The van der Waals surface area contributed by atoms with E-state index in [-0.39, 0.29) is 18.1 Å². The topological polar surface area (TPSA) is 35.6 Å². The molecule has 1 unspecified atom stereocenters. The molecular weight excluding hydrogens is 310 g/mol. The van der Waals surface area contributed by atoms with Crippen LogP contribution in [0.25, 0.3) is 0 Å². The maximum atomic E-state index is 12.5. The molecule has 0 aliphatic carbocycles. The molecule has 0 saturated carbocycles. The number of fused-ring (bicyclic) bond motifs is 1. The van der Waals surface area contributed by atoms with E-state index in [1.165, 1.54) is 0 Å². The third-order valence-electron chi connectivity index (χ3n) is 4.59. The summed E-state index contributed by atoms with van der Waals surface area (Å²) in [4.78, 5) is 14.8. The lowest BCUT2D eigenvalue weighted by Crippen LogP contribution is -2.62. The van der Waals surface area contributed by atoms with Crippen molar-refractivity contribution in [1.29, 1.82) is 0 Å². The van der Waals surface area contributed by atoms with Crippen molar-refractivity contribution in [2.24, 2.45) is 0 Å². The molecule has 2 aromatic carbocycles. The Balaban J connectivity index is 1.78. The largest absolute Gasteiger partial charge is 0.271 e. The van der Waals surface area contributed by atoms with Crippen LogP contribution in [0, 0.1) is 0 Å². The maximum Gasteiger partial charge on any atom is 0.255 e. The molecule has 2 aromatic rings. The first kappa shape index (κ1) is 14.5. The molecule has 0 bridgehead atoms. The first-order valence-corrected chi connectivity index (χ1v) is 8.28. The smallest absolute Gasteiger partial charge is 0.255 e. The van der Waals surface area contributed by atoms with Crippen molar-refractivity contribution in [2.75, 3.05) is 11.6 Å². The maximum absolute atomic E-state index is 12.5. The molecule has 118 valence electrons. The Morgan fingerprint density at radius 1 is 1.04 bits per heavy atom. The Bertz CT molecular complexity index is 704. The Labute approximate surface area is 140 Å². The highest BCUT2D eigenvalue weighted by Crippen LogP contribution is 2.37. The Morgan fingerprint density at radius 3 is 2.52 bits per heavy atom. The van der Waals surface area contributed by atoms with E-state index in [1.807, 2.05) is 59.6 Å². The van der Waals surface area contributed by atoms with Crippen molar-refractivity contribution in [3.8, 4) is 0 Å². The fourth-order valence-corrected chi connectivity index (χ4v) is 3.66. The van der Waals surface area contributed by atoms with E-state index in [1.54, 1.807) is 0 Å². The fourth-order valence-electron chi connectivity index (χ4n) is 3.54. The van der Waals surface area contributed by atoms with Gasteiger partial charge in [0.1, 0.15) is 6.17 Å². The van der Waals surface area contributed by atoms with E-state index in [0.717, 1.165) is 35.7 Å². The zero-order chi connectivity index (χ0) is 15.8. The molecule has 4 nitrogen and oxygen atoms in total. The second-order valence-corrected chi connectivity index (χ2v) is 6.44. The average Bonchev–Trinajstić information content (AvgIpc) is 3.07. The first-order valence-electron chi connectivity index (χ1n) is 7.90. The van der Waals surface area contributed by atoms with Gasteiger partial charge in [0.05, 0.1) is 11.7 Å². The summed E-state index contributed by atoms with van der Waals surface area (Å²) in [6.07, 6.45) is 1.95. The number of carbonyl (C=O) groups is 1. The van der Waals surface area contributed by atoms with Gasteiger partial charge in [0.15, 0.2) is 0 Å². The number of para-hydroxylation sites is 1. The normalized spacial score (nSPS) is 24.4. The number of nitrogens with one attached hydrogen (secondary N) is 1. The minimum absolute atomic E-state index is 0.0140. The van der Waals surface area contributed by atoms with Crippen LogP contribution in [-0.2, 0) is 4.79 Å². The van der Waals surface area contributed by atoms with Crippen LogP contribution < -0.4 is 10.4 Å². The minimum atomic E-state index is -0.0457. The van der Waals surface area contributed by atoms with Gasteiger partial charge in [0.2, 0.25) is 0 Å². The van der Waals surface area contributed by atoms with Gasteiger partial charge >= 0.3 is 0 Å². The SMILES string of the molecule is O=C1NN(c2ccccc2)C(c2ccc(Cl)cc2)N2CCC[C@H]12. The van der Waals surface area contributed by atoms with E-state index in [0.29, 0.717) is 0 Å². The van der Waals surface area contributed by atoms with Crippen molar-refractivity contribution < 1.29 is 4.79 Å². The van der Waals surface area contributed by atoms with Crippen LogP contribution in [0.3, 0.4) is 0 Å². The highest BCUT2D eigenvalue weighted by Gasteiger charge is 2.44. The quantitative estimate of drug-likeness (QED) is 0.918. The summed E-state index contributed by atoms with van der Waals surface area (Å²) in [5, 5.41) is 2.69. The number of hydrazine groups is 1. The van der Waals surface area contributed by atoms with Crippen LogP contribution in [0.5, 0.6) is 0 Å². The average molecular weight is 328 g/mol. The first-order chi connectivity index (χ1) is 11.2.